The third-order valence-corrected chi connectivity index (χ3v) is 4.87. The van der Waals surface area contributed by atoms with Crippen molar-refractivity contribution >= 4 is 14.8 Å². The number of unbranched alkanes of at least 4 members (excludes halogenated alkanes) is 1. The molecule has 0 saturated carbocycles. The molecular formula is C9H17O5Si. The molecule has 0 aromatic heterocycles. The Morgan fingerprint density at radius 1 is 1.20 bits per heavy atom. The minimum absolute atomic E-state index is 0.638. The van der Waals surface area contributed by atoms with Crippen molar-refractivity contribution in [3.63, 3.8) is 0 Å². The fraction of sp³-hybridized carbons (Fsp3) is 0.667. The van der Waals surface area contributed by atoms with Crippen LogP contribution >= 0.6 is 0 Å². The Balaban J connectivity index is 3.86. The van der Waals surface area contributed by atoms with E-state index in [9.17, 15) is 9.90 Å². The lowest BCUT2D eigenvalue weighted by Gasteiger charge is -2.23. The highest BCUT2D eigenvalue weighted by atomic mass is 28.4. The van der Waals surface area contributed by atoms with Crippen LogP contribution in [-0.2, 0) is 23.2 Å². The van der Waals surface area contributed by atoms with Crippen LogP contribution in [0.4, 0.5) is 0 Å². The van der Waals surface area contributed by atoms with Gasteiger partial charge in [-0.1, -0.05) is 6.08 Å². The molecule has 87 valence electrons. The summed E-state index contributed by atoms with van der Waals surface area (Å²) in [5.41, 5.74) is 0. The van der Waals surface area contributed by atoms with Crippen LogP contribution in [0.15, 0.2) is 12.2 Å². The molecule has 0 spiro atoms. The highest BCUT2D eigenvalue weighted by Crippen LogP contribution is 2.16. The lowest BCUT2D eigenvalue weighted by molar-refractivity contribution is -0.137. The molecule has 0 aromatic carbocycles. The van der Waals surface area contributed by atoms with Crippen molar-refractivity contribution in [1.82, 2.24) is 0 Å². The number of rotatable bonds is 8. The lowest BCUT2D eigenvalue weighted by Crippen LogP contribution is -2.42. The van der Waals surface area contributed by atoms with Gasteiger partial charge in [0.15, 0.2) is 0 Å². The molecule has 6 heteroatoms. The Hall–Kier alpha value is -0.693. The van der Waals surface area contributed by atoms with E-state index in [1.54, 1.807) is 27.4 Å². The average molecular weight is 233 g/mol. The van der Waals surface area contributed by atoms with Gasteiger partial charge in [0, 0.05) is 33.4 Å². The molecule has 0 heterocycles. The van der Waals surface area contributed by atoms with Gasteiger partial charge < -0.3 is 13.3 Å². The van der Waals surface area contributed by atoms with E-state index in [0.717, 1.165) is 12.5 Å². The Labute approximate surface area is 91.0 Å². The number of allylic oxidation sites excluding steroid dienone is 1. The molecule has 1 radical (unpaired) electrons. The van der Waals surface area contributed by atoms with Gasteiger partial charge in [-0.3, -0.25) is 0 Å². The lowest BCUT2D eigenvalue weighted by atomic mass is 10.3. The van der Waals surface area contributed by atoms with Gasteiger partial charge in [0.25, 0.3) is 0 Å². The maximum atomic E-state index is 10.1. The van der Waals surface area contributed by atoms with E-state index in [-0.39, 0.29) is 0 Å². The Bertz CT molecular complexity index is 204. The fourth-order valence-electron chi connectivity index (χ4n) is 1.17. The molecule has 0 unspecified atom stereocenters. The largest absolute Gasteiger partial charge is 0.500 e. The van der Waals surface area contributed by atoms with Gasteiger partial charge in [-0.2, -0.15) is 0 Å². The van der Waals surface area contributed by atoms with Gasteiger partial charge in [-0.05, 0) is 12.8 Å². The number of hydrogen-bond acceptors (Lipinski definition) is 4. The van der Waals surface area contributed by atoms with E-state index in [4.69, 9.17) is 13.3 Å². The molecule has 0 fully saturated rings. The van der Waals surface area contributed by atoms with Crippen LogP contribution in [-0.4, -0.2) is 36.1 Å². The first-order valence-corrected chi connectivity index (χ1v) is 6.56. The van der Waals surface area contributed by atoms with Gasteiger partial charge in [-0.25, -0.2) is 9.90 Å². The van der Waals surface area contributed by atoms with Crippen molar-refractivity contribution in [2.45, 2.75) is 18.9 Å². The first kappa shape index (κ1) is 14.3. The maximum absolute atomic E-state index is 10.1. The first-order valence-electron chi connectivity index (χ1n) is 4.63. The summed E-state index contributed by atoms with van der Waals surface area (Å²) >= 11 is 0. The van der Waals surface area contributed by atoms with Gasteiger partial charge in [-0.15, -0.1) is 0 Å². The predicted octanol–water partition coefficient (Wildman–Crippen LogP) is 1.16. The molecule has 0 bridgehead atoms. The molecule has 0 atom stereocenters. The predicted molar refractivity (Wildman–Crippen MR) is 55.7 cm³/mol. The molecule has 0 aliphatic rings. The Morgan fingerprint density at radius 2 is 1.73 bits per heavy atom. The monoisotopic (exact) mass is 233 g/mol. The van der Waals surface area contributed by atoms with Crippen LogP contribution in [0.2, 0.25) is 6.04 Å². The second-order valence-electron chi connectivity index (χ2n) is 2.91. The Kier molecular flexibility index (Phi) is 7.23. The number of carbonyl (C=O) groups excluding carboxylic acids is 1. The molecule has 0 N–H and O–H groups in total. The van der Waals surface area contributed by atoms with Crippen molar-refractivity contribution in [3.05, 3.63) is 12.2 Å². The Morgan fingerprint density at radius 3 is 2.13 bits per heavy atom. The molecule has 15 heavy (non-hydrogen) atoms. The molecule has 0 saturated heterocycles. The smallest absolute Gasteiger partial charge is 0.377 e. The summed E-state index contributed by atoms with van der Waals surface area (Å²) in [4.78, 5) is 10.1. The third kappa shape index (κ3) is 5.68. The summed E-state index contributed by atoms with van der Waals surface area (Å²) in [5.74, 6) is -1.18. The summed E-state index contributed by atoms with van der Waals surface area (Å²) < 4.78 is 15.6. The molecule has 0 aromatic rings. The van der Waals surface area contributed by atoms with Crippen molar-refractivity contribution < 1.29 is 23.2 Å². The summed E-state index contributed by atoms with van der Waals surface area (Å²) in [6, 6.07) is 0.661. The summed E-state index contributed by atoms with van der Waals surface area (Å²) in [5, 5.41) is 10.1. The van der Waals surface area contributed by atoms with Gasteiger partial charge in [0.1, 0.15) is 0 Å². The molecule has 5 nitrogen and oxygen atoms in total. The molecule has 0 amide bonds. The van der Waals surface area contributed by atoms with Crippen molar-refractivity contribution in [2.24, 2.45) is 0 Å². The normalized spacial score (nSPS) is 12.2. The average Bonchev–Trinajstić information content (AvgIpc) is 2.24. The van der Waals surface area contributed by atoms with Crippen molar-refractivity contribution in [2.75, 3.05) is 21.3 Å². The zero-order chi connectivity index (χ0) is 11.7. The second kappa shape index (κ2) is 7.58. The fourth-order valence-corrected chi connectivity index (χ4v) is 2.92. The topological polar surface area (TPSA) is 64.7 Å². The minimum Gasteiger partial charge on any atom is -0.377 e. The second-order valence-corrected chi connectivity index (χ2v) is 6.00. The standard InChI is InChI=1S/C9H17O5Si/c1-12-15(13-2,14-3)8-6-4-5-7-9(10)11/h5,7H,4,6,8H2,1-3H3. The summed E-state index contributed by atoms with van der Waals surface area (Å²) in [7, 11) is 2.16. The van der Waals surface area contributed by atoms with E-state index < -0.39 is 14.8 Å². The SMILES string of the molecule is CO[Si](CCCC=CC([O])=O)(OC)OC. The van der Waals surface area contributed by atoms with Crippen molar-refractivity contribution in [1.29, 1.82) is 0 Å². The van der Waals surface area contributed by atoms with Crippen molar-refractivity contribution in [3.8, 4) is 0 Å². The van der Waals surface area contributed by atoms with Gasteiger partial charge in [0.05, 0.1) is 0 Å². The van der Waals surface area contributed by atoms with E-state index >= 15 is 0 Å². The molecule has 0 aliphatic heterocycles. The number of hydrogen-bond donors (Lipinski definition) is 0. The quantitative estimate of drug-likeness (QED) is 0.358. The van der Waals surface area contributed by atoms with Crippen LogP contribution in [0.25, 0.3) is 0 Å². The molecule has 0 rings (SSSR count). The van der Waals surface area contributed by atoms with Crippen LogP contribution < -0.4 is 0 Å². The summed E-state index contributed by atoms with van der Waals surface area (Å²) in [6.07, 6.45) is 3.97. The maximum Gasteiger partial charge on any atom is 0.500 e. The zero-order valence-corrected chi connectivity index (χ0v) is 10.3. The van der Waals surface area contributed by atoms with Crippen LogP contribution in [0, 0.1) is 0 Å². The van der Waals surface area contributed by atoms with Gasteiger partial charge >= 0.3 is 14.8 Å². The zero-order valence-electron chi connectivity index (χ0n) is 9.32. The third-order valence-electron chi connectivity index (χ3n) is 2.04. The van der Waals surface area contributed by atoms with Gasteiger partial charge in [0.2, 0.25) is 0 Å². The van der Waals surface area contributed by atoms with E-state index in [0.29, 0.717) is 12.5 Å². The highest BCUT2D eigenvalue weighted by molar-refractivity contribution is 6.60. The van der Waals surface area contributed by atoms with E-state index in [1.165, 1.54) is 0 Å². The number of carbonyl (C=O) groups is 1. The van der Waals surface area contributed by atoms with Crippen LogP contribution in [0.1, 0.15) is 12.8 Å². The highest BCUT2D eigenvalue weighted by Gasteiger charge is 2.36. The van der Waals surface area contributed by atoms with Crippen LogP contribution in [0.3, 0.4) is 0 Å². The van der Waals surface area contributed by atoms with E-state index in [1.807, 2.05) is 0 Å². The summed E-state index contributed by atoms with van der Waals surface area (Å²) in [6.45, 7) is 0. The van der Waals surface area contributed by atoms with E-state index in [2.05, 4.69) is 0 Å². The molecule has 0 aliphatic carbocycles. The molecular weight excluding hydrogens is 216 g/mol. The van der Waals surface area contributed by atoms with Crippen LogP contribution in [0.5, 0.6) is 0 Å². The first-order chi connectivity index (χ1) is 7.10. The minimum atomic E-state index is -2.49.